The molecule has 0 bridgehead atoms. The minimum Gasteiger partial charge on any atom is -0.465 e. The van der Waals surface area contributed by atoms with Gasteiger partial charge in [-0.25, -0.2) is 27.3 Å². The van der Waals surface area contributed by atoms with E-state index >= 15 is 0 Å². The number of ether oxygens (including phenoxy) is 1. The summed E-state index contributed by atoms with van der Waals surface area (Å²) in [7, 11) is -2.95. The second-order valence-electron chi connectivity index (χ2n) is 3.88. The zero-order chi connectivity index (χ0) is 15.5. The van der Waals surface area contributed by atoms with E-state index in [1.54, 1.807) is 5.38 Å². The topological polar surface area (TPSA) is 85.4 Å². The Hall–Kier alpha value is -1.84. The van der Waals surface area contributed by atoms with Crippen molar-refractivity contribution < 1.29 is 22.3 Å². The third-order valence-electron chi connectivity index (χ3n) is 2.54. The van der Waals surface area contributed by atoms with Crippen LogP contribution in [0.15, 0.2) is 34.7 Å². The molecule has 2 aromatic rings. The summed E-state index contributed by atoms with van der Waals surface area (Å²) in [5, 5.41) is 2.25. The number of hydrogen-bond donors (Lipinski definition) is 1. The fraction of sp³-hybridized carbons (Fsp3) is 0.167. The third-order valence-corrected chi connectivity index (χ3v) is 4.76. The Kier molecular flexibility index (Phi) is 4.66. The molecule has 1 heterocycles. The molecule has 0 atom stereocenters. The van der Waals surface area contributed by atoms with Gasteiger partial charge in [0.1, 0.15) is 10.8 Å². The Labute approximate surface area is 124 Å². The van der Waals surface area contributed by atoms with Gasteiger partial charge in [0.15, 0.2) is 0 Å². The smallest absolute Gasteiger partial charge is 0.339 e. The van der Waals surface area contributed by atoms with Gasteiger partial charge in [-0.3, -0.25) is 0 Å². The van der Waals surface area contributed by atoms with E-state index in [1.807, 2.05) is 0 Å². The Morgan fingerprint density at radius 1 is 1.48 bits per heavy atom. The number of sulfonamides is 1. The summed E-state index contributed by atoms with van der Waals surface area (Å²) in [6.07, 6.45) is 1.54. The molecule has 0 aliphatic carbocycles. The van der Waals surface area contributed by atoms with Crippen LogP contribution in [0.1, 0.15) is 15.4 Å². The number of thiazole rings is 1. The SMILES string of the molecule is COC(=O)c1ccc(F)cc1S(=O)(=O)NCc1nccs1. The van der Waals surface area contributed by atoms with Crippen molar-refractivity contribution in [1.82, 2.24) is 9.71 Å². The van der Waals surface area contributed by atoms with Gasteiger partial charge >= 0.3 is 5.97 Å². The van der Waals surface area contributed by atoms with Gasteiger partial charge in [-0.2, -0.15) is 0 Å². The van der Waals surface area contributed by atoms with Crippen molar-refractivity contribution in [2.75, 3.05) is 7.11 Å². The predicted molar refractivity (Wildman–Crippen MR) is 73.9 cm³/mol. The second-order valence-corrected chi connectivity index (χ2v) is 6.60. The average molecular weight is 330 g/mol. The standard InChI is InChI=1S/C12H11FN2O4S2/c1-19-12(16)9-3-2-8(13)6-10(9)21(17,18)15-7-11-14-4-5-20-11/h2-6,15H,7H2,1H3. The highest BCUT2D eigenvalue weighted by molar-refractivity contribution is 7.89. The quantitative estimate of drug-likeness (QED) is 0.841. The zero-order valence-corrected chi connectivity index (χ0v) is 12.5. The van der Waals surface area contributed by atoms with Gasteiger partial charge in [-0.15, -0.1) is 11.3 Å². The van der Waals surface area contributed by atoms with Crippen LogP contribution in [-0.4, -0.2) is 26.5 Å². The normalized spacial score (nSPS) is 11.3. The van der Waals surface area contributed by atoms with Crippen LogP contribution in [0.3, 0.4) is 0 Å². The van der Waals surface area contributed by atoms with Crippen molar-refractivity contribution >= 4 is 27.3 Å². The van der Waals surface area contributed by atoms with Crippen molar-refractivity contribution in [3.63, 3.8) is 0 Å². The summed E-state index contributed by atoms with van der Waals surface area (Å²) in [6, 6.07) is 2.83. The largest absolute Gasteiger partial charge is 0.465 e. The van der Waals surface area contributed by atoms with Crippen LogP contribution < -0.4 is 4.72 Å². The number of nitrogens with one attached hydrogen (secondary N) is 1. The van der Waals surface area contributed by atoms with Crippen molar-refractivity contribution in [1.29, 1.82) is 0 Å². The summed E-state index contributed by atoms with van der Waals surface area (Å²) in [4.78, 5) is 15.0. The fourth-order valence-electron chi connectivity index (χ4n) is 1.57. The Morgan fingerprint density at radius 3 is 2.86 bits per heavy atom. The van der Waals surface area contributed by atoms with Crippen molar-refractivity contribution in [3.8, 4) is 0 Å². The maximum Gasteiger partial charge on any atom is 0.339 e. The minimum absolute atomic E-state index is 0.0445. The first-order valence-corrected chi connectivity index (χ1v) is 8.06. The molecule has 21 heavy (non-hydrogen) atoms. The lowest BCUT2D eigenvalue weighted by Gasteiger charge is -2.09. The van der Waals surface area contributed by atoms with Gasteiger partial charge < -0.3 is 4.74 Å². The Balaban J connectivity index is 2.34. The Bertz CT molecular complexity index is 745. The van der Waals surface area contributed by atoms with Crippen LogP contribution in [0.5, 0.6) is 0 Å². The first-order valence-electron chi connectivity index (χ1n) is 5.70. The molecule has 6 nitrogen and oxygen atoms in total. The lowest BCUT2D eigenvalue weighted by Crippen LogP contribution is -2.25. The number of nitrogens with zero attached hydrogens (tertiary/aromatic N) is 1. The predicted octanol–water partition coefficient (Wildman–Crippen LogP) is 1.55. The number of halogens is 1. The van der Waals surface area contributed by atoms with E-state index in [1.165, 1.54) is 17.5 Å². The lowest BCUT2D eigenvalue weighted by atomic mass is 10.2. The molecule has 1 N–H and O–H groups in total. The molecule has 0 aliphatic heterocycles. The maximum atomic E-state index is 13.3. The van der Waals surface area contributed by atoms with Gasteiger partial charge in [0.05, 0.1) is 24.1 Å². The third kappa shape index (κ3) is 3.63. The molecule has 2 rings (SSSR count). The monoisotopic (exact) mass is 330 g/mol. The van der Waals surface area contributed by atoms with E-state index in [2.05, 4.69) is 14.4 Å². The number of carbonyl (C=O) groups excluding carboxylic acids is 1. The van der Waals surface area contributed by atoms with Crippen LogP contribution in [0.4, 0.5) is 4.39 Å². The van der Waals surface area contributed by atoms with E-state index in [0.29, 0.717) is 5.01 Å². The number of benzene rings is 1. The Morgan fingerprint density at radius 2 is 2.24 bits per heavy atom. The lowest BCUT2D eigenvalue weighted by molar-refractivity contribution is 0.0596. The molecule has 0 radical (unpaired) electrons. The molecule has 9 heteroatoms. The van der Waals surface area contributed by atoms with Crippen molar-refractivity contribution in [3.05, 3.63) is 46.2 Å². The van der Waals surface area contributed by atoms with Crippen LogP contribution in [-0.2, 0) is 21.3 Å². The highest BCUT2D eigenvalue weighted by atomic mass is 32.2. The average Bonchev–Trinajstić information content (AvgIpc) is 2.98. The zero-order valence-electron chi connectivity index (χ0n) is 10.9. The van der Waals surface area contributed by atoms with Gasteiger partial charge in [-0.05, 0) is 18.2 Å². The molecule has 0 saturated heterocycles. The molecular weight excluding hydrogens is 319 g/mol. The summed E-state index contributed by atoms with van der Waals surface area (Å²) < 4.78 is 44.5. The second kappa shape index (κ2) is 6.29. The number of methoxy groups -OCH3 is 1. The van der Waals surface area contributed by atoms with Crippen molar-refractivity contribution in [2.24, 2.45) is 0 Å². The fourth-order valence-corrected chi connectivity index (χ4v) is 3.41. The molecule has 0 spiro atoms. The number of carbonyl (C=O) groups is 1. The summed E-state index contributed by atoms with van der Waals surface area (Å²) in [5.41, 5.74) is -0.231. The number of esters is 1. The first kappa shape index (κ1) is 15.5. The molecule has 0 aliphatic rings. The first-order chi connectivity index (χ1) is 9.94. The van der Waals surface area contributed by atoms with E-state index in [9.17, 15) is 17.6 Å². The van der Waals surface area contributed by atoms with E-state index in [4.69, 9.17) is 0 Å². The van der Waals surface area contributed by atoms with Crippen LogP contribution in [0, 0.1) is 5.82 Å². The highest BCUT2D eigenvalue weighted by Gasteiger charge is 2.23. The molecular formula is C12H11FN2O4S2. The number of rotatable bonds is 5. The maximum absolute atomic E-state index is 13.3. The highest BCUT2D eigenvalue weighted by Crippen LogP contribution is 2.19. The van der Waals surface area contributed by atoms with Crippen LogP contribution in [0.25, 0.3) is 0 Å². The molecule has 0 saturated carbocycles. The summed E-state index contributed by atoms with van der Waals surface area (Å²) >= 11 is 1.27. The van der Waals surface area contributed by atoms with Gasteiger partial charge in [0, 0.05) is 11.6 Å². The molecule has 0 amide bonds. The van der Waals surface area contributed by atoms with E-state index in [0.717, 1.165) is 25.3 Å². The number of aromatic nitrogens is 1. The van der Waals surface area contributed by atoms with Gasteiger partial charge in [0.25, 0.3) is 0 Å². The molecule has 0 fully saturated rings. The molecule has 1 aromatic carbocycles. The molecule has 1 aromatic heterocycles. The van der Waals surface area contributed by atoms with E-state index in [-0.39, 0.29) is 12.1 Å². The van der Waals surface area contributed by atoms with Crippen LogP contribution in [0.2, 0.25) is 0 Å². The van der Waals surface area contributed by atoms with Gasteiger partial charge in [-0.1, -0.05) is 0 Å². The van der Waals surface area contributed by atoms with Crippen molar-refractivity contribution in [2.45, 2.75) is 11.4 Å². The van der Waals surface area contributed by atoms with Crippen LogP contribution >= 0.6 is 11.3 Å². The van der Waals surface area contributed by atoms with E-state index < -0.39 is 26.7 Å². The van der Waals surface area contributed by atoms with Gasteiger partial charge in [0.2, 0.25) is 10.0 Å². The summed E-state index contributed by atoms with van der Waals surface area (Å²) in [6.45, 7) is -0.0445. The minimum atomic E-state index is -4.07. The molecule has 0 unspecified atom stereocenters. The number of hydrogen-bond acceptors (Lipinski definition) is 6. The molecule has 112 valence electrons. The summed E-state index contributed by atoms with van der Waals surface area (Å²) in [5.74, 6) is -1.62.